The van der Waals surface area contributed by atoms with E-state index in [1.54, 1.807) is 5.51 Å². The van der Waals surface area contributed by atoms with Gasteiger partial charge in [-0.05, 0) is 12.1 Å². The molecule has 1 aromatic heterocycles. The number of nitrogens with zero attached hydrogens (tertiary/aromatic N) is 1. The summed E-state index contributed by atoms with van der Waals surface area (Å²) in [5.74, 6) is -0.450. The largest absolute Gasteiger partial charge is 0.377 e. The molecule has 2 nitrogen and oxygen atoms in total. The molecule has 1 heterocycles. The smallest absolute Gasteiger partial charge is 0.126 e. The first-order chi connectivity index (χ1) is 7.66. The number of thiazole rings is 1. The highest BCUT2D eigenvalue weighted by Crippen LogP contribution is 2.31. The fraction of sp³-hybridized carbons (Fsp3) is 0.100. The minimum absolute atomic E-state index is 0.264. The number of anilines is 1. The van der Waals surface area contributed by atoms with E-state index in [4.69, 9.17) is 23.2 Å². The zero-order chi connectivity index (χ0) is 11.5. The Labute approximate surface area is 106 Å². The number of benzene rings is 1. The Balaban J connectivity index is 2.15. The Kier molecular flexibility index (Phi) is 3.63. The van der Waals surface area contributed by atoms with Crippen molar-refractivity contribution in [1.29, 1.82) is 0 Å². The first-order valence-corrected chi connectivity index (χ1v) is 6.12. The van der Waals surface area contributed by atoms with Crippen LogP contribution in [-0.2, 0) is 6.54 Å². The maximum absolute atomic E-state index is 12.9. The second kappa shape index (κ2) is 4.99. The third-order valence-electron chi connectivity index (χ3n) is 1.94. The van der Waals surface area contributed by atoms with Gasteiger partial charge in [-0.2, -0.15) is 0 Å². The quantitative estimate of drug-likeness (QED) is 0.909. The van der Waals surface area contributed by atoms with E-state index in [9.17, 15) is 4.39 Å². The van der Waals surface area contributed by atoms with Crippen LogP contribution < -0.4 is 5.32 Å². The Morgan fingerprint density at radius 1 is 1.31 bits per heavy atom. The van der Waals surface area contributed by atoms with Gasteiger partial charge in [0.2, 0.25) is 0 Å². The fourth-order valence-corrected chi connectivity index (χ4v) is 2.37. The van der Waals surface area contributed by atoms with Crippen LogP contribution in [-0.4, -0.2) is 4.98 Å². The summed E-state index contributed by atoms with van der Waals surface area (Å²) in [5.41, 5.74) is 3.16. The van der Waals surface area contributed by atoms with Gasteiger partial charge in [0.15, 0.2) is 0 Å². The van der Waals surface area contributed by atoms with Crippen LogP contribution in [0.3, 0.4) is 0 Å². The monoisotopic (exact) mass is 276 g/mol. The molecule has 0 unspecified atom stereocenters. The summed E-state index contributed by atoms with van der Waals surface area (Å²) in [6.45, 7) is 0.509. The second-order valence-corrected chi connectivity index (χ2v) is 4.61. The highest BCUT2D eigenvalue weighted by molar-refractivity contribution is 7.07. The summed E-state index contributed by atoms with van der Waals surface area (Å²) in [5, 5.41) is 5.47. The summed E-state index contributed by atoms with van der Waals surface area (Å²) in [7, 11) is 0. The van der Waals surface area contributed by atoms with Crippen LogP contribution in [0.25, 0.3) is 0 Å². The molecule has 2 aromatic rings. The van der Waals surface area contributed by atoms with Gasteiger partial charge in [0.1, 0.15) is 5.82 Å². The molecule has 1 aromatic carbocycles. The van der Waals surface area contributed by atoms with Crippen molar-refractivity contribution >= 4 is 40.2 Å². The summed E-state index contributed by atoms with van der Waals surface area (Å²) in [6, 6.07) is 2.44. The molecule has 2 rings (SSSR count). The van der Waals surface area contributed by atoms with Crippen molar-refractivity contribution in [2.75, 3.05) is 5.32 Å². The maximum Gasteiger partial charge on any atom is 0.126 e. The Morgan fingerprint density at radius 2 is 2.00 bits per heavy atom. The van der Waals surface area contributed by atoms with E-state index >= 15 is 0 Å². The minimum atomic E-state index is -0.450. The highest BCUT2D eigenvalue weighted by atomic mass is 35.5. The molecular weight excluding hydrogens is 270 g/mol. The molecule has 0 spiro atoms. The number of rotatable bonds is 3. The van der Waals surface area contributed by atoms with Gasteiger partial charge >= 0.3 is 0 Å². The lowest BCUT2D eigenvalue weighted by Crippen LogP contribution is -2.01. The van der Waals surface area contributed by atoms with Crippen molar-refractivity contribution in [2.45, 2.75) is 6.54 Å². The number of nitrogens with one attached hydrogen (secondary N) is 1. The van der Waals surface area contributed by atoms with Gasteiger partial charge in [-0.3, -0.25) is 0 Å². The molecule has 0 saturated heterocycles. The second-order valence-electron chi connectivity index (χ2n) is 3.08. The van der Waals surface area contributed by atoms with Gasteiger partial charge < -0.3 is 5.32 Å². The summed E-state index contributed by atoms with van der Waals surface area (Å²) in [6.07, 6.45) is 0. The first-order valence-electron chi connectivity index (χ1n) is 4.42. The van der Waals surface area contributed by atoms with E-state index in [0.29, 0.717) is 12.2 Å². The van der Waals surface area contributed by atoms with Crippen LogP contribution in [0.4, 0.5) is 10.1 Å². The lowest BCUT2D eigenvalue weighted by atomic mass is 10.3. The molecule has 0 aliphatic rings. The van der Waals surface area contributed by atoms with E-state index in [0.717, 1.165) is 5.69 Å². The molecule has 0 atom stereocenters. The Morgan fingerprint density at radius 3 is 2.56 bits per heavy atom. The maximum atomic E-state index is 12.9. The van der Waals surface area contributed by atoms with Crippen molar-refractivity contribution in [2.24, 2.45) is 0 Å². The van der Waals surface area contributed by atoms with E-state index in [-0.39, 0.29) is 10.0 Å². The van der Waals surface area contributed by atoms with Gasteiger partial charge in [-0.25, -0.2) is 9.37 Å². The zero-order valence-electron chi connectivity index (χ0n) is 8.01. The Hall–Kier alpha value is -0.840. The van der Waals surface area contributed by atoms with E-state index < -0.39 is 5.82 Å². The average Bonchev–Trinajstić information content (AvgIpc) is 2.68. The van der Waals surface area contributed by atoms with Crippen molar-refractivity contribution < 1.29 is 4.39 Å². The van der Waals surface area contributed by atoms with Crippen LogP contribution >= 0.6 is 34.5 Å². The number of aromatic nitrogens is 1. The standard InChI is InChI=1S/C10H7Cl2FN2S/c11-8-1-6(13)2-9(12)10(8)14-3-7-4-16-5-15-7/h1-2,4-5,14H,3H2. The number of halogens is 3. The van der Waals surface area contributed by atoms with Crippen LogP contribution in [0, 0.1) is 5.82 Å². The molecule has 0 bridgehead atoms. The predicted octanol–water partition coefficient (Wildman–Crippen LogP) is 4.20. The molecule has 0 aliphatic heterocycles. The Bertz CT molecular complexity index is 465. The van der Waals surface area contributed by atoms with Gasteiger partial charge in [0.25, 0.3) is 0 Å². The molecule has 6 heteroatoms. The topological polar surface area (TPSA) is 24.9 Å². The predicted molar refractivity (Wildman–Crippen MR) is 65.9 cm³/mol. The van der Waals surface area contributed by atoms with Crippen LogP contribution in [0.2, 0.25) is 10.0 Å². The number of hydrogen-bond donors (Lipinski definition) is 1. The van der Waals surface area contributed by atoms with Crippen molar-refractivity contribution in [3.8, 4) is 0 Å². The van der Waals surface area contributed by atoms with E-state index in [1.807, 2.05) is 5.38 Å². The van der Waals surface area contributed by atoms with Crippen molar-refractivity contribution in [1.82, 2.24) is 4.98 Å². The van der Waals surface area contributed by atoms with Crippen LogP contribution in [0.5, 0.6) is 0 Å². The van der Waals surface area contributed by atoms with Gasteiger partial charge in [-0.15, -0.1) is 11.3 Å². The average molecular weight is 277 g/mol. The normalized spacial score (nSPS) is 10.4. The molecule has 0 radical (unpaired) electrons. The van der Waals surface area contributed by atoms with Crippen molar-refractivity contribution in [3.63, 3.8) is 0 Å². The third kappa shape index (κ3) is 2.64. The lowest BCUT2D eigenvalue weighted by Gasteiger charge is -2.09. The number of hydrogen-bond acceptors (Lipinski definition) is 3. The van der Waals surface area contributed by atoms with Gasteiger partial charge in [0.05, 0.1) is 33.5 Å². The molecule has 16 heavy (non-hydrogen) atoms. The fourth-order valence-electron chi connectivity index (χ4n) is 1.21. The molecule has 0 fully saturated rings. The zero-order valence-corrected chi connectivity index (χ0v) is 10.3. The molecule has 84 valence electrons. The summed E-state index contributed by atoms with van der Waals surface area (Å²) in [4.78, 5) is 4.10. The summed E-state index contributed by atoms with van der Waals surface area (Å²) < 4.78 is 12.9. The lowest BCUT2D eigenvalue weighted by molar-refractivity contribution is 0.628. The van der Waals surface area contributed by atoms with Crippen molar-refractivity contribution in [3.05, 3.63) is 44.6 Å². The van der Waals surface area contributed by atoms with Gasteiger partial charge in [-0.1, -0.05) is 23.2 Å². The summed E-state index contributed by atoms with van der Waals surface area (Å²) >= 11 is 13.2. The third-order valence-corrected chi connectivity index (χ3v) is 3.17. The van der Waals surface area contributed by atoms with Crippen LogP contribution in [0.15, 0.2) is 23.0 Å². The van der Waals surface area contributed by atoms with E-state index in [1.165, 1.54) is 23.5 Å². The molecule has 0 aliphatic carbocycles. The highest BCUT2D eigenvalue weighted by Gasteiger charge is 2.08. The first kappa shape index (κ1) is 11.6. The molecule has 0 amide bonds. The molecular formula is C10H7Cl2FN2S. The SMILES string of the molecule is Fc1cc(Cl)c(NCc2cscn2)c(Cl)c1. The van der Waals surface area contributed by atoms with E-state index in [2.05, 4.69) is 10.3 Å². The van der Waals surface area contributed by atoms with Gasteiger partial charge in [0, 0.05) is 5.38 Å². The molecule has 1 N–H and O–H groups in total. The van der Waals surface area contributed by atoms with Crippen LogP contribution in [0.1, 0.15) is 5.69 Å². The molecule has 0 saturated carbocycles. The minimum Gasteiger partial charge on any atom is -0.377 e.